The zero-order valence-corrected chi connectivity index (χ0v) is 27.3. The summed E-state index contributed by atoms with van der Waals surface area (Å²) in [6.45, 7) is 4.26. The Hall–Kier alpha value is -3.38. The summed E-state index contributed by atoms with van der Waals surface area (Å²) >= 11 is 3.41. The van der Waals surface area contributed by atoms with Gasteiger partial charge >= 0.3 is 6.18 Å². The van der Waals surface area contributed by atoms with Gasteiger partial charge in [0.15, 0.2) is 0 Å². The van der Waals surface area contributed by atoms with Gasteiger partial charge in [0.05, 0.1) is 17.5 Å². The van der Waals surface area contributed by atoms with E-state index < -0.39 is 27.8 Å². The molecule has 0 saturated carbocycles. The number of anilines is 1. The molecule has 2 amide bonds. The van der Waals surface area contributed by atoms with E-state index >= 15 is 0 Å². The fourth-order valence-electron chi connectivity index (χ4n) is 4.60. The average molecular weight is 697 g/mol. The number of halogens is 4. The van der Waals surface area contributed by atoms with Crippen LogP contribution >= 0.6 is 15.9 Å². The number of amides is 2. The van der Waals surface area contributed by atoms with E-state index in [9.17, 15) is 31.2 Å². The molecule has 0 aliphatic heterocycles. The number of alkyl halides is 3. The molecule has 0 aliphatic carbocycles. The third kappa shape index (κ3) is 10.7. The van der Waals surface area contributed by atoms with E-state index in [1.54, 1.807) is 0 Å². The lowest BCUT2D eigenvalue weighted by Crippen LogP contribution is -2.51. The summed E-state index contributed by atoms with van der Waals surface area (Å²) < 4.78 is 66.9. The van der Waals surface area contributed by atoms with Crippen molar-refractivity contribution in [3.63, 3.8) is 0 Å². The van der Waals surface area contributed by atoms with Gasteiger partial charge in [-0.1, -0.05) is 78.3 Å². The van der Waals surface area contributed by atoms with E-state index in [0.717, 1.165) is 44.4 Å². The molecule has 0 heterocycles. The molecule has 0 aliphatic rings. The fraction of sp³-hybridized carbons (Fsp3) is 0.375. The topological polar surface area (TPSA) is 86.8 Å². The minimum atomic E-state index is -4.65. The van der Waals surface area contributed by atoms with Gasteiger partial charge in [-0.05, 0) is 53.8 Å². The summed E-state index contributed by atoms with van der Waals surface area (Å²) in [6.07, 6.45) is -3.60. The van der Waals surface area contributed by atoms with Gasteiger partial charge in [-0.15, -0.1) is 0 Å². The van der Waals surface area contributed by atoms with Gasteiger partial charge in [0.1, 0.15) is 6.04 Å². The molecule has 238 valence electrons. The minimum absolute atomic E-state index is 0.0185. The average Bonchev–Trinajstić information content (AvgIpc) is 2.96. The predicted octanol–water partition coefficient (Wildman–Crippen LogP) is 6.43. The summed E-state index contributed by atoms with van der Waals surface area (Å²) in [5.41, 5.74) is 0.532. The highest BCUT2D eigenvalue weighted by atomic mass is 79.9. The molecule has 12 heteroatoms. The largest absolute Gasteiger partial charge is 0.416 e. The predicted molar refractivity (Wildman–Crippen MR) is 169 cm³/mol. The standard InChI is InChI=1S/C32H37BrF3N3O4S/c1-23(2)21-37-31(41)29(19-24-9-5-4-6-10-24)38(22-25-14-16-27(33)17-15-25)30(40)13-8-18-39(44(3,42)43)28-12-7-11-26(20-28)32(34,35)36/h4-7,9-12,14-17,20,23,29H,8,13,18-19,21-22H2,1-3H3,(H,37,41)/t29-/m1/s1. The van der Waals surface area contributed by atoms with E-state index in [0.29, 0.717) is 6.54 Å². The van der Waals surface area contributed by atoms with Crippen LogP contribution in [0.5, 0.6) is 0 Å². The smallest absolute Gasteiger partial charge is 0.354 e. The van der Waals surface area contributed by atoms with Crippen LogP contribution in [0.15, 0.2) is 83.3 Å². The Kier molecular flexibility index (Phi) is 12.4. The van der Waals surface area contributed by atoms with Crippen LogP contribution in [-0.4, -0.2) is 50.5 Å². The van der Waals surface area contributed by atoms with Crippen LogP contribution in [0.1, 0.15) is 43.4 Å². The Morgan fingerprint density at radius 2 is 1.59 bits per heavy atom. The van der Waals surface area contributed by atoms with Crippen molar-refractivity contribution in [2.24, 2.45) is 5.92 Å². The van der Waals surface area contributed by atoms with Crippen molar-refractivity contribution in [3.8, 4) is 0 Å². The first-order chi connectivity index (χ1) is 20.6. The van der Waals surface area contributed by atoms with Gasteiger partial charge in [0.2, 0.25) is 21.8 Å². The molecule has 44 heavy (non-hydrogen) atoms. The Morgan fingerprint density at radius 3 is 2.18 bits per heavy atom. The number of carbonyl (C=O) groups excluding carboxylic acids is 2. The second-order valence-corrected chi connectivity index (χ2v) is 13.8. The highest BCUT2D eigenvalue weighted by Gasteiger charge is 2.33. The van der Waals surface area contributed by atoms with Crippen LogP contribution in [0.2, 0.25) is 0 Å². The number of sulfonamides is 1. The van der Waals surface area contributed by atoms with Gasteiger partial charge in [0.25, 0.3) is 0 Å². The summed E-state index contributed by atoms with van der Waals surface area (Å²) in [6, 6.07) is 19.9. The number of rotatable bonds is 14. The molecule has 0 spiro atoms. The van der Waals surface area contributed by atoms with Crippen molar-refractivity contribution >= 4 is 43.5 Å². The van der Waals surface area contributed by atoms with Crippen molar-refractivity contribution in [1.82, 2.24) is 10.2 Å². The lowest BCUT2D eigenvalue weighted by Gasteiger charge is -2.32. The highest BCUT2D eigenvalue weighted by Crippen LogP contribution is 2.32. The Labute approximate surface area is 265 Å². The first-order valence-corrected chi connectivity index (χ1v) is 16.8. The Bertz CT molecular complexity index is 1500. The number of benzene rings is 3. The summed E-state index contributed by atoms with van der Waals surface area (Å²) in [4.78, 5) is 28.9. The molecule has 0 unspecified atom stereocenters. The summed E-state index contributed by atoms with van der Waals surface area (Å²) in [7, 11) is -3.96. The molecule has 3 rings (SSSR count). The molecular formula is C32H37BrF3N3O4S. The van der Waals surface area contributed by atoms with Crippen LogP contribution in [0, 0.1) is 5.92 Å². The van der Waals surface area contributed by atoms with Gasteiger partial charge in [0, 0.05) is 36.9 Å². The van der Waals surface area contributed by atoms with Gasteiger partial charge in [-0.25, -0.2) is 8.42 Å². The number of hydrogen-bond donors (Lipinski definition) is 1. The molecule has 7 nitrogen and oxygen atoms in total. The molecule has 1 N–H and O–H groups in total. The maximum atomic E-state index is 13.9. The third-order valence-electron chi connectivity index (χ3n) is 6.84. The molecule has 3 aromatic rings. The molecule has 0 aromatic heterocycles. The zero-order valence-electron chi connectivity index (χ0n) is 24.9. The SMILES string of the molecule is CC(C)CNC(=O)[C@@H](Cc1ccccc1)N(Cc1ccc(Br)cc1)C(=O)CCCN(c1cccc(C(F)(F)F)c1)S(C)(=O)=O. The quantitative estimate of drug-likeness (QED) is 0.211. The minimum Gasteiger partial charge on any atom is -0.354 e. The first-order valence-electron chi connectivity index (χ1n) is 14.2. The lowest BCUT2D eigenvalue weighted by atomic mass is 10.0. The maximum absolute atomic E-state index is 13.9. The summed E-state index contributed by atoms with van der Waals surface area (Å²) in [5, 5.41) is 2.95. The molecule has 1 atom stereocenters. The number of nitrogens with one attached hydrogen (secondary N) is 1. The Balaban J connectivity index is 1.89. The third-order valence-corrected chi connectivity index (χ3v) is 8.56. The second-order valence-electron chi connectivity index (χ2n) is 11.0. The second kappa shape index (κ2) is 15.6. The maximum Gasteiger partial charge on any atom is 0.416 e. The van der Waals surface area contributed by atoms with E-state index in [-0.39, 0.29) is 55.8 Å². The molecule has 0 radical (unpaired) electrons. The monoisotopic (exact) mass is 695 g/mol. The van der Waals surface area contributed by atoms with Crippen molar-refractivity contribution in [2.75, 3.05) is 23.7 Å². The number of carbonyl (C=O) groups is 2. The van der Waals surface area contributed by atoms with E-state index in [1.807, 2.05) is 68.4 Å². The van der Waals surface area contributed by atoms with Crippen LogP contribution in [-0.2, 0) is 38.8 Å². The lowest BCUT2D eigenvalue weighted by molar-refractivity contribution is -0.141. The fourth-order valence-corrected chi connectivity index (χ4v) is 5.83. The van der Waals surface area contributed by atoms with E-state index in [1.165, 1.54) is 11.0 Å². The van der Waals surface area contributed by atoms with E-state index in [4.69, 9.17) is 0 Å². The van der Waals surface area contributed by atoms with Gasteiger partial charge < -0.3 is 10.2 Å². The molecule has 0 fully saturated rings. The van der Waals surface area contributed by atoms with Crippen molar-refractivity contribution in [3.05, 3.63) is 100 Å². The van der Waals surface area contributed by atoms with Crippen molar-refractivity contribution in [1.29, 1.82) is 0 Å². The van der Waals surface area contributed by atoms with Gasteiger partial charge in [-0.3, -0.25) is 13.9 Å². The van der Waals surface area contributed by atoms with Crippen LogP contribution in [0.4, 0.5) is 18.9 Å². The van der Waals surface area contributed by atoms with E-state index in [2.05, 4.69) is 21.2 Å². The van der Waals surface area contributed by atoms with Crippen LogP contribution < -0.4 is 9.62 Å². The first kappa shape index (κ1) is 35.1. The van der Waals surface area contributed by atoms with Crippen LogP contribution in [0.3, 0.4) is 0 Å². The Morgan fingerprint density at radius 1 is 0.932 bits per heavy atom. The van der Waals surface area contributed by atoms with Gasteiger partial charge in [-0.2, -0.15) is 13.2 Å². The normalized spacial score (nSPS) is 12.5. The number of hydrogen-bond acceptors (Lipinski definition) is 4. The number of nitrogens with zero attached hydrogens (tertiary/aromatic N) is 2. The van der Waals surface area contributed by atoms with Crippen molar-refractivity contribution < 1.29 is 31.2 Å². The summed E-state index contributed by atoms with van der Waals surface area (Å²) in [5.74, 6) is -0.509. The molecular weight excluding hydrogens is 659 g/mol. The molecule has 0 saturated heterocycles. The molecule has 0 bridgehead atoms. The zero-order chi connectivity index (χ0) is 32.5. The molecule has 3 aromatic carbocycles. The van der Waals surface area contributed by atoms with Crippen molar-refractivity contribution in [2.45, 2.75) is 51.9 Å². The highest BCUT2D eigenvalue weighted by molar-refractivity contribution is 9.10. The van der Waals surface area contributed by atoms with Crippen LogP contribution in [0.25, 0.3) is 0 Å².